The Morgan fingerprint density at radius 1 is 1.07 bits per heavy atom. The maximum Gasteiger partial charge on any atom is 0.307 e. The first kappa shape index (κ1) is 18.5. The molecule has 3 aromatic carbocycles. The molecule has 1 saturated heterocycles. The predicted molar refractivity (Wildman–Crippen MR) is 115 cm³/mol. The maximum absolute atomic E-state index is 10.8. The van der Waals surface area contributed by atoms with Gasteiger partial charge in [-0.1, -0.05) is 61.5 Å². The zero-order valence-electron chi connectivity index (χ0n) is 16.3. The second kappa shape index (κ2) is 8.05. The van der Waals surface area contributed by atoms with Gasteiger partial charge in [-0.2, -0.15) is 0 Å². The van der Waals surface area contributed by atoms with Gasteiger partial charge in [0, 0.05) is 18.8 Å². The molecule has 1 heterocycles. The Labute approximate surface area is 166 Å². The molecule has 1 fully saturated rings. The van der Waals surface area contributed by atoms with Gasteiger partial charge in [-0.25, -0.2) is 0 Å². The molecule has 1 aliphatic heterocycles. The van der Waals surface area contributed by atoms with Gasteiger partial charge >= 0.3 is 5.97 Å². The van der Waals surface area contributed by atoms with E-state index in [1.54, 1.807) is 0 Å². The normalized spacial score (nSPS) is 17.8. The van der Waals surface area contributed by atoms with Crippen LogP contribution < -0.4 is 4.90 Å². The highest BCUT2D eigenvalue weighted by Gasteiger charge is 2.25. The molecule has 3 aromatic rings. The summed E-state index contributed by atoms with van der Waals surface area (Å²) in [5.41, 5.74) is 3.51. The zero-order valence-corrected chi connectivity index (χ0v) is 16.3. The molecule has 0 aliphatic carbocycles. The topological polar surface area (TPSA) is 40.5 Å². The van der Waals surface area contributed by atoms with E-state index in [9.17, 15) is 4.79 Å². The molecule has 1 aliphatic rings. The van der Waals surface area contributed by atoms with Crippen LogP contribution >= 0.6 is 0 Å². The molecule has 0 amide bonds. The Bertz CT molecular complexity index is 958. The van der Waals surface area contributed by atoms with Crippen LogP contribution in [0.2, 0.25) is 0 Å². The lowest BCUT2D eigenvalue weighted by Gasteiger charge is -2.21. The minimum Gasteiger partial charge on any atom is -0.481 e. The summed E-state index contributed by atoms with van der Waals surface area (Å²) in [4.78, 5) is 13.3. The van der Waals surface area contributed by atoms with Gasteiger partial charge in [-0.3, -0.25) is 4.79 Å². The van der Waals surface area contributed by atoms with Crippen molar-refractivity contribution in [2.45, 2.75) is 32.1 Å². The fourth-order valence-electron chi connectivity index (χ4n) is 4.57. The number of nitrogens with zero attached hydrogens (tertiary/aromatic N) is 1. The van der Waals surface area contributed by atoms with Crippen LogP contribution in [0.4, 0.5) is 5.69 Å². The molecule has 0 radical (unpaired) electrons. The van der Waals surface area contributed by atoms with Crippen molar-refractivity contribution in [1.82, 2.24) is 0 Å². The fourth-order valence-corrected chi connectivity index (χ4v) is 4.57. The van der Waals surface area contributed by atoms with Gasteiger partial charge < -0.3 is 10.0 Å². The van der Waals surface area contributed by atoms with Crippen LogP contribution in [0.5, 0.6) is 0 Å². The van der Waals surface area contributed by atoms with Gasteiger partial charge in [0.1, 0.15) is 0 Å². The number of carboxylic acids is 1. The Morgan fingerprint density at radius 2 is 1.82 bits per heavy atom. The van der Waals surface area contributed by atoms with Crippen LogP contribution in [0, 0.1) is 5.92 Å². The van der Waals surface area contributed by atoms with E-state index in [2.05, 4.69) is 66.4 Å². The van der Waals surface area contributed by atoms with Crippen LogP contribution in [0.15, 0.2) is 66.7 Å². The second-order valence-corrected chi connectivity index (χ2v) is 8.04. The van der Waals surface area contributed by atoms with Crippen molar-refractivity contribution < 1.29 is 9.90 Å². The summed E-state index contributed by atoms with van der Waals surface area (Å²) in [7, 11) is 0. The molecule has 0 bridgehead atoms. The molecule has 0 spiro atoms. The van der Waals surface area contributed by atoms with Crippen LogP contribution in [-0.2, 0) is 11.2 Å². The van der Waals surface area contributed by atoms with Crippen LogP contribution in [0.25, 0.3) is 10.8 Å². The molecule has 2 atom stereocenters. The quantitative estimate of drug-likeness (QED) is 0.621. The van der Waals surface area contributed by atoms with E-state index in [0.717, 1.165) is 18.7 Å². The third-order valence-electron chi connectivity index (χ3n) is 5.98. The Hall–Kier alpha value is -2.81. The number of anilines is 1. The lowest BCUT2D eigenvalue weighted by atomic mass is 9.87. The van der Waals surface area contributed by atoms with Crippen molar-refractivity contribution in [3.8, 4) is 0 Å². The highest BCUT2D eigenvalue weighted by molar-refractivity contribution is 5.86. The average molecular weight is 373 g/mol. The van der Waals surface area contributed by atoms with Gasteiger partial charge in [0.25, 0.3) is 0 Å². The number of hydrogen-bond donors (Lipinski definition) is 1. The number of rotatable bonds is 6. The van der Waals surface area contributed by atoms with E-state index >= 15 is 0 Å². The molecular weight excluding hydrogens is 346 g/mol. The molecule has 0 saturated carbocycles. The highest BCUT2D eigenvalue weighted by atomic mass is 16.4. The van der Waals surface area contributed by atoms with Crippen LogP contribution in [0.3, 0.4) is 0 Å². The Kier molecular flexibility index (Phi) is 5.34. The van der Waals surface area contributed by atoms with Crippen molar-refractivity contribution >= 4 is 22.4 Å². The van der Waals surface area contributed by atoms with E-state index in [1.807, 2.05) is 12.1 Å². The van der Waals surface area contributed by atoms with Crippen molar-refractivity contribution in [1.29, 1.82) is 0 Å². The number of carboxylic acid groups (broad SMARTS) is 1. The van der Waals surface area contributed by atoms with Crippen molar-refractivity contribution in [3.63, 3.8) is 0 Å². The monoisotopic (exact) mass is 373 g/mol. The van der Waals surface area contributed by atoms with Gasteiger partial charge in [0.05, 0.1) is 6.42 Å². The lowest BCUT2D eigenvalue weighted by Crippen LogP contribution is -2.20. The standard InChI is InChI=1S/C25H27NO2/c1-18(23-8-4-6-21-5-2-3-7-24(21)23)15-20-13-14-26(17-20)22-11-9-19(10-12-22)16-25(27)28/h2-12,18,20H,13-17H2,1H3,(H,27,28)/t18-,20+/m0/s1. The largest absolute Gasteiger partial charge is 0.481 e. The molecule has 144 valence electrons. The molecule has 3 nitrogen and oxygen atoms in total. The molecule has 1 N–H and O–H groups in total. The predicted octanol–water partition coefficient (Wildman–Crippen LogP) is 5.49. The second-order valence-electron chi connectivity index (χ2n) is 8.04. The van der Waals surface area contributed by atoms with Crippen molar-refractivity contribution in [2.24, 2.45) is 5.92 Å². The molecular formula is C25H27NO2. The maximum atomic E-state index is 10.8. The van der Waals surface area contributed by atoms with E-state index in [-0.39, 0.29) is 6.42 Å². The summed E-state index contributed by atoms with van der Waals surface area (Å²) in [6.07, 6.45) is 2.50. The highest BCUT2D eigenvalue weighted by Crippen LogP contribution is 2.34. The number of fused-ring (bicyclic) bond motifs is 1. The van der Waals surface area contributed by atoms with Crippen LogP contribution in [0.1, 0.15) is 36.8 Å². The molecule has 0 aromatic heterocycles. The molecule has 0 unspecified atom stereocenters. The van der Waals surface area contributed by atoms with Gasteiger partial charge in [0.15, 0.2) is 0 Å². The number of hydrogen-bond acceptors (Lipinski definition) is 2. The first-order valence-corrected chi connectivity index (χ1v) is 10.1. The number of benzene rings is 3. The minimum absolute atomic E-state index is 0.0887. The SMILES string of the molecule is C[C@@H](C[C@H]1CCN(c2ccc(CC(=O)O)cc2)C1)c1cccc2ccccc12. The summed E-state index contributed by atoms with van der Waals surface area (Å²) in [6, 6.07) is 23.3. The van der Waals surface area contributed by atoms with E-state index in [4.69, 9.17) is 5.11 Å². The van der Waals surface area contributed by atoms with E-state index < -0.39 is 5.97 Å². The van der Waals surface area contributed by atoms with E-state index in [1.165, 1.54) is 34.9 Å². The van der Waals surface area contributed by atoms with Gasteiger partial charge in [-0.15, -0.1) is 0 Å². The summed E-state index contributed by atoms with van der Waals surface area (Å²) < 4.78 is 0. The third kappa shape index (κ3) is 4.04. The Balaban J connectivity index is 1.41. The summed E-state index contributed by atoms with van der Waals surface area (Å²) in [5.74, 6) is 0.443. The summed E-state index contributed by atoms with van der Waals surface area (Å²) in [6.45, 7) is 4.50. The van der Waals surface area contributed by atoms with Crippen molar-refractivity contribution in [3.05, 3.63) is 77.9 Å². The lowest BCUT2D eigenvalue weighted by molar-refractivity contribution is -0.136. The van der Waals surface area contributed by atoms with E-state index in [0.29, 0.717) is 11.8 Å². The first-order valence-electron chi connectivity index (χ1n) is 10.1. The molecule has 28 heavy (non-hydrogen) atoms. The smallest absolute Gasteiger partial charge is 0.307 e. The average Bonchev–Trinajstić information content (AvgIpc) is 3.16. The fraction of sp³-hybridized carbons (Fsp3) is 0.320. The molecule has 4 rings (SSSR count). The zero-order chi connectivity index (χ0) is 19.5. The summed E-state index contributed by atoms with van der Waals surface area (Å²) in [5, 5.41) is 11.6. The van der Waals surface area contributed by atoms with Crippen LogP contribution in [-0.4, -0.2) is 24.2 Å². The number of carbonyl (C=O) groups is 1. The van der Waals surface area contributed by atoms with Gasteiger partial charge in [0.2, 0.25) is 0 Å². The Morgan fingerprint density at radius 3 is 2.61 bits per heavy atom. The first-order chi connectivity index (χ1) is 13.6. The third-order valence-corrected chi connectivity index (χ3v) is 5.98. The van der Waals surface area contributed by atoms with Crippen molar-refractivity contribution in [2.75, 3.05) is 18.0 Å². The summed E-state index contributed by atoms with van der Waals surface area (Å²) >= 11 is 0. The van der Waals surface area contributed by atoms with Gasteiger partial charge in [-0.05, 0) is 58.7 Å². The minimum atomic E-state index is -0.781. The number of aliphatic carboxylic acids is 1. The molecule has 3 heteroatoms.